The number of nitrogens with zero attached hydrogens (tertiary/aromatic N) is 2. The Morgan fingerprint density at radius 3 is 2.78 bits per heavy atom. The molecule has 1 aromatic carbocycles. The van der Waals surface area contributed by atoms with Gasteiger partial charge in [-0.1, -0.05) is 6.07 Å². The molecule has 0 amide bonds. The molecule has 1 spiro atoms. The highest BCUT2D eigenvalue weighted by Crippen LogP contribution is 2.59. The van der Waals surface area contributed by atoms with Crippen LogP contribution in [-0.2, 0) is 21.3 Å². The minimum absolute atomic E-state index is 0.119. The molecule has 4 fully saturated rings. The SMILES string of the molecule is N#Cc1ccc2c(c1)C13CCN(CC4CC4)[C@H](C2)[C@@H]1CCC1(C3)OCCO1. The highest BCUT2D eigenvalue weighted by Gasteiger charge is 2.60. The van der Waals surface area contributed by atoms with Crippen molar-refractivity contribution in [2.24, 2.45) is 11.8 Å². The van der Waals surface area contributed by atoms with Crippen molar-refractivity contribution in [2.45, 2.75) is 62.2 Å². The number of piperidine rings is 1. The molecule has 3 atom stereocenters. The molecule has 2 bridgehead atoms. The average Bonchev–Trinajstić information content (AvgIpc) is 3.41. The van der Waals surface area contributed by atoms with Gasteiger partial charge in [0.25, 0.3) is 0 Å². The topological polar surface area (TPSA) is 45.5 Å². The quantitative estimate of drug-likeness (QED) is 0.807. The molecule has 5 aliphatic rings. The van der Waals surface area contributed by atoms with E-state index >= 15 is 0 Å². The van der Waals surface area contributed by atoms with Gasteiger partial charge in [0.05, 0.1) is 24.8 Å². The molecule has 3 aliphatic carbocycles. The molecule has 2 saturated carbocycles. The van der Waals surface area contributed by atoms with Crippen LogP contribution in [-0.4, -0.2) is 43.0 Å². The number of likely N-dealkylation sites (tertiary alicyclic amines) is 1. The van der Waals surface area contributed by atoms with Gasteiger partial charge in [-0.05, 0) is 73.7 Å². The van der Waals surface area contributed by atoms with Crippen LogP contribution in [0.4, 0.5) is 0 Å². The van der Waals surface area contributed by atoms with Gasteiger partial charge >= 0.3 is 0 Å². The fourth-order valence-electron chi connectivity index (χ4n) is 6.77. The van der Waals surface area contributed by atoms with Crippen LogP contribution in [0, 0.1) is 23.2 Å². The van der Waals surface area contributed by atoms with E-state index in [2.05, 4.69) is 23.1 Å². The van der Waals surface area contributed by atoms with E-state index in [1.54, 1.807) is 0 Å². The van der Waals surface area contributed by atoms with Gasteiger partial charge in [0.1, 0.15) is 0 Å². The van der Waals surface area contributed by atoms with Crippen LogP contribution in [0.15, 0.2) is 18.2 Å². The van der Waals surface area contributed by atoms with Gasteiger partial charge in [0, 0.05) is 30.8 Å². The van der Waals surface area contributed by atoms with Crippen LogP contribution in [0.5, 0.6) is 0 Å². The van der Waals surface area contributed by atoms with E-state index in [-0.39, 0.29) is 11.2 Å². The molecular weight excluding hydrogens is 336 g/mol. The van der Waals surface area contributed by atoms with Gasteiger partial charge in [-0.3, -0.25) is 4.90 Å². The van der Waals surface area contributed by atoms with Crippen molar-refractivity contribution in [1.82, 2.24) is 4.90 Å². The van der Waals surface area contributed by atoms with Crippen molar-refractivity contribution >= 4 is 0 Å². The summed E-state index contributed by atoms with van der Waals surface area (Å²) >= 11 is 0. The third-order valence-corrected chi connectivity index (χ3v) is 8.12. The molecular formula is C23H28N2O2. The Labute approximate surface area is 161 Å². The first kappa shape index (κ1) is 16.5. The summed E-state index contributed by atoms with van der Waals surface area (Å²) in [7, 11) is 0. The van der Waals surface area contributed by atoms with Crippen LogP contribution < -0.4 is 0 Å². The second-order valence-electron chi connectivity index (χ2n) is 9.53. The minimum Gasteiger partial charge on any atom is -0.348 e. The van der Waals surface area contributed by atoms with Gasteiger partial charge in [0.2, 0.25) is 0 Å². The van der Waals surface area contributed by atoms with Crippen LogP contribution in [0.25, 0.3) is 0 Å². The zero-order valence-electron chi connectivity index (χ0n) is 16.0. The summed E-state index contributed by atoms with van der Waals surface area (Å²) in [5.74, 6) is 1.23. The minimum atomic E-state index is -0.378. The first-order valence-corrected chi connectivity index (χ1v) is 10.8. The lowest BCUT2D eigenvalue weighted by molar-refractivity contribution is -0.213. The molecule has 142 valence electrons. The first-order valence-electron chi connectivity index (χ1n) is 10.8. The summed E-state index contributed by atoms with van der Waals surface area (Å²) in [5.41, 5.74) is 3.82. The number of fused-ring (bicyclic) bond motifs is 1. The largest absolute Gasteiger partial charge is 0.348 e. The Balaban J connectivity index is 1.45. The van der Waals surface area contributed by atoms with Gasteiger partial charge in [-0.15, -0.1) is 0 Å². The molecule has 2 aliphatic heterocycles. The predicted octanol–water partition coefficient (Wildman–Crippen LogP) is 3.38. The van der Waals surface area contributed by atoms with E-state index in [0.29, 0.717) is 12.0 Å². The highest BCUT2D eigenvalue weighted by molar-refractivity contribution is 5.47. The molecule has 0 N–H and O–H groups in total. The van der Waals surface area contributed by atoms with Gasteiger partial charge in [0.15, 0.2) is 5.79 Å². The molecule has 1 aromatic rings. The van der Waals surface area contributed by atoms with Crippen molar-refractivity contribution in [3.63, 3.8) is 0 Å². The molecule has 4 heteroatoms. The molecule has 2 heterocycles. The maximum absolute atomic E-state index is 9.50. The first-order chi connectivity index (χ1) is 13.2. The highest BCUT2D eigenvalue weighted by atomic mass is 16.7. The van der Waals surface area contributed by atoms with Crippen molar-refractivity contribution in [3.8, 4) is 6.07 Å². The fraction of sp³-hybridized carbons (Fsp3) is 0.696. The summed E-state index contributed by atoms with van der Waals surface area (Å²) in [6.45, 7) is 3.93. The van der Waals surface area contributed by atoms with Crippen molar-refractivity contribution < 1.29 is 9.47 Å². The van der Waals surface area contributed by atoms with Gasteiger partial charge in [-0.2, -0.15) is 5.26 Å². The standard InChI is InChI=1S/C23H28N2O2/c24-13-17-3-4-18-12-21-19-5-6-23(26-9-10-27-23)15-22(19,20(18)11-17)7-8-25(21)14-16-1-2-16/h3-4,11,16,19,21H,1-2,5-10,12,14-15H2/t19-,21+,22?/m0/s1. The smallest absolute Gasteiger partial charge is 0.169 e. The second kappa shape index (κ2) is 5.80. The average molecular weight is 364 g/mol. The lowest BCUT2D eigenvalue weighted by Gasteiger charge is -2.61. The van der Waals surface area contributed by atoms with Crippen molar-refractivity contribution in [3.05, 3.63) is 34.9 Å². The summed E-state index contributed by atoms with van der Waals surface area (Å²) in [6.07, 6.45) is 8.35. The second-order valence-corrected chi connectivity index (χ2v) is 9.53. The van der Waals surface area contributed by atoms with Crippen LogP contribution >= 0.6 is 0 Å². The Morgan fingerprint density at radius 2 is 2.00 bits per heavy atom. The van der Waals surface area contributed by atoms with E-state index in [1.165, 1.54) is 49.9 Å². The predicted molar refractivity (Wildman–Crippen MR) is 101 cm³/mol. The van der Waals surface area contributed by atoms with Gasteiger partial charge in [-0.25, -0.2) is 0 Å². The maximum atomic E-state index is 9.50. The molecule has 6 rings (SSSR count). The van der Waals surface area contributed by atoms with Crippen LogP contribution in [0.3, 0.4) is 0 Å². The maximum Gasteiger partial charge on any atom is 0.169 e. The number of hydrogen-bond donors (Lipinski definition) is 0. The zero-order valence-corrected chi connectivity index (χ0v) is 16.0. The molecule has 0 aromatic heterocycles. The van der Waals surface area contributed by atoms with Gasteiger partial charge < -0.3 is 9.47 Å². The molecule has 4 nitrogen and oxygen atoms in total. The van der Waals surface area contributed by atoms with Crippen molar-refractivity contribution in [1.29, 1.82) is 5.26 Å². The Kier molecular flexibility index (Phi) is 3.55. The Morgan fingerprint density at radius 1 is 1.15 bits per heavy atom. The molecule has 1 unspecified atom stereocenters. The number of rotatable bonds is 2. The lowest BCUT2D eigenvalue weighted by atomic mass is 9.51. The number of nitriles is 1. The van der Waals surface area contributed by atoms with Crippen LogP contribution in [0.1, 0.15) is 55.2 Å². The number of ether oxygens (including phenoxy) is 2. The van der Waals surface area contributed by atoms with Crippen molar-refractivity contribution in [2.75, 3.05) is 26.3 Å². The molecule has 0 radical (unpaired) electrons. The van der Waals surface area contributed by atoms with Crippen LogP contribution in [0.2, 0.25) is 0 Å². The normalized spacial score (nSPS) is 36.9. The van der Waals surface area contributed by atoms with E-state index in [9.17, 15) is 5.26 Å². The number of hydrogen-bond acceptors (Lipinski definition) is 4. The van der Waals surface area contributed by atoms with E-state index in [1.807, 2.05) is 6.07 Å². The van der Waals surface area contributed by atoms with E-state index in [4.69, 9.17) is 9.47 Å². The monoisotopic (exact) mass is 364 g/mol. The summed E-state index contributed by atoms with van der Waals surface area (Å²) in [4.78, 5) is 2.82. The third-order valence-electron chi connectivity index (χ3n) is 8.12. The summed E-state index contributed by atoms with van der Waals surface area (Å²) in [6, 6.07) is 9.47. The molecule has 27 heavy (non-hydrogen) atoms. The van der Waals surface area contributed by atoms with E-state index in [0.717, 1.165) is 44.0 Å². The Hall–Kier alpha value is -1.41. The lowest BCUT2D eigenvalue weighted by Crippen LogP contribution is -2.64. The zero-order chi connectivity index (χ0) is 18.1. The Bertz CT molecular complexity index is 805. The number of benzene rings is 1. The fourth-order valence-corrected chi connectivity index (χ4v) is 6.77. The summed E-state index contributed by atoms with van der Waals surface area (Å²) in [5, 5.41) is 9.50. The molecule has 2 saturated heterocycles. The summed E-state index contributed by atoms with van der Waals surface area (Å²) < 4.78 is 12.4. The third kappa shape index (κ3) is 2.45. The van der Waals surface area contributed by atoms with E-state index < -0.39 is 0 Å².